The average molecular weight is 1900 g/mol. The number of thiol groups is 1. The van der Waals surface area contributed by atoms with Crippen molar-refractivity contribution in [2.24, 2.45) is 11.8 Å². The van der Waals surface area contributed by atoms with E-state index in [-0.39, 0.29) is 110 Å². The first-order valence-electron chi connectivity index (χ1n) is 43.0. The summed E-state index contributed by atoms with van der Waals surface area (Å²) in [7, 11) is 11.8. The van der Waals surface area contributed by atoms with Gasteiger partial charge in [-0.15, -0.1) is 11.8 Å². The summed E-state index contributed by atoms with van der Waals surface area (Å²) in [6, 6.07) is 5.00. The smallest absolute Gasteiger partial charge is 0.409 e. The summed E-state index contributed by atoms with van der Waals surface area (Å²) in [4.78, 5) is 184. The van der Waals surface area contributed by atoms with Crippen LogP contribution in [0.4, 0.5) is 21.0 Å². The van der Waals surface area contributed by atoms with Crippen molar-refractivity contribution in [3.8, 4) is 11.5 Å². The number of carboxylic acid groups (broad SMARTS) is 2. The summed E-state index contributed by atoms with van der Waals surface area (Å²) in [6.45, 7) is 14.4. The van der Waals surface area contributed by atoms with Gasteiger partial charge in [0, 0.05) is 130 Å². The molecule has 0 aliphatic carbocycles. The third-order valence-corrected chi connectivity index (χ3v) is 26.9. The van der Waals surface area contributed by atoms with Gasteiger partial charge in [-0.3, -0.25) is 68.4 Å². The van der Waals surface area contributed by atoms with Crippen molar-refractivity contribution < 1.29 is 135 Å². The summed E-state index contributed by atoms with van der Waals surface area (Å²) in [6.07, 6.45) is 7.55. The standard InChI is InChI=1S/C45H61ClN4O14S.C35H48ClN3O10S.C10H13NO4/c1-25-13-12-14-33(61-8)45(59)24-31(62-43(58)47-45)26(2)40-44(4,64-40)34(23-36(52)49(6)29-20-28(19-25)21-30(60-7)39(29)46)63-42(57)27(3)48(5)35(51)16-18-65-32-22-37(53)50(41(32)56)17-11-9-10-15-38(54)55;1-19-10-9-11-26(46-8)35(44)18-25(47-33(43)37-35)20(2)31-34(4,49-31)27(48-32(42)21(3)38(5)28(40)12-13-50)17-29(41)39(6)23-15-22(14-19)16-24(45-7)30(23)36;12-8-5-6-9(13)11(8)7-3-1-2-4-10(14)15/h12-14,20-21,26-27,31-34,40,59H,9-11,15-19,22-24H2,1-8H3,(H,47,58)(H,54,55);9-11,15-16,20-21,25-27,31,44,50H,12-14,17-18H2,1-8H3,(H,37,43);5-6H,1-4,7H2,(H,14,15)/b14-12+,25-13+;11-9+,19-10+;/t26-,27+,31+,32?,33-,34+,40+,44+,45+;20-,21+,25+,26-,27+,31+,34+,35+;/m11./s1. The molecule has 130 heavy (non-hydrogen) atoms. The van der Waals surface area contributed by atoms with Crippen LogP contribution in [0.25, 0.3) is 0 Å². The molecule has 2 aromatic carbocycles. The largest absolute Gasteiger partial charge is 0.495 e. The maximum atomic E-state index is 14.3. The number of ether oxygens (including phenoxy) is 10. The van der Waals surface area contributed by atoms with E-state index in [1.54, 1.807) is 90.4 Å². The second-order valence-corrected chi connectivity index (χ2v) is 36.6. The number of benzene rings is 2. The van der Waals surface area contributed by atoms with E-state index >= 15 is 0 Å². The van der Waals surface area contributed by atoms with Crippen LogP contribution in [0, 0.1) is 11.8 Å². The van der Waals surface area contributed by atoms with Gasteiger partial charge in [0.25, 0.3) is 11.8 Å². The maximum absolute atomic E-state index is 14.3. The summed E-state index contributed by atoms with van der Waals surface area (Å²) in [5.41, 5.74) is -2.07. The molecule has 8 heterocycles. The molecule has 40 heteroatoms. The van der Waals surface area contributed by atoms with E-state index in [9.17, 15) is 77.3 Å². The molecular weight excluding hydrogens is 1780 g/mol. The van der Waals surface area contributed by atoms with Gasteiger partial charge in [-0.25, -0.2) is 19.2 Å². The summed E-state index contributed by atoms with van der Waals surface area (Å²) < 4.78 is 58.3. The number of thioether (sulfide) groups is 1. The van der Waals surface area contributed by atoms with Gasteiger partial charge in [0.05, 0.1) is 55.9 Å². The fourth-order valence-electron chi connectivity index (χ4n) is 16.3. The van der Waals surface area contributed by atoms with E-state index in [2.05, 4.69) is 23.3 Å². The Hall–Kier alpha value is -9.64. The minimum Gasteiger partial charge on any atom is -0.495 e. The van der Waals surface area contributed by atoms with E-state index in [1.807, 2.05) is 26.0 Å². The van der Waals surface area contributed by atoms with E-state index in [0.717, 1.165) is 22.3 Å². The molecule has 716 valence electrons. The lowest BCUT2D eigenvalue weighted by Crippen LogP contribution is -2.63. The van der Waals surface area contributed by atoms with Crippen molar-refractivity contribution in [1.29, 1.82) is 0 Å². The molecule has 0 aromatic heterocycles. The number of likely N-dealkylation sites (tertiary alicyclic amines) is 1. The highest BCUT2D eigenvalue weighted by molar-refractivity contribution is 8.00. The van der Waals surface area contributed by atoms with Crippen LogP contribution in [0.2, 0.25) is 10.0 Å². The van der Waals surface area contributed by atoms with Crippen molar-refractivity contribution in [1.82, 2.24) is 30.2 Å². The molecular formula is C90H122Cl2N8O28S2. The lowest BCUT2D eigenvalue weighted by molar-refractivity contribution is -0.162. The molecule has 5 saturated heterocycles. The number of rotatable bonds is 28. The number of nitrogens with one attached hydrogen (secondary N) is 2. The van der Waals surface area contributed by atoms with Crippen molar-refractivity contribution in [3.63, 3.8) is 0 Å². The molecule has 6 N–H and O–H groups in total. The number of fused-ring (bicyclic) bond motifs is 10. The first-order chi connectivity index (χ1) is 61.2. The monoisotopic (exact) mass is 1900 g/mol. The third-order valence-electron chi connectivity index (χ3n) is 24.7. The second-order valence-electron chi connectivity index (χ2n) is 34.0. The molecule has 10 rings (SSSR count). The van der Waals surface area contributed by atoms with Gasteiger partial charge in [-0.05, 0) is 121 Å². The molecule has 8 aliphatic rings. The van der Waals surface area contributed by atoms with Crippen LogP contribution in [-0.4, -0.2) is 293 Å². The number of amides is 10. The number of halogens is 2. The van der Waals surface area contributed by atoms with Crippen LogP contribution in [0.3, 0.4) is 0 Å². The molecule has 2 aromatic rings. The van der Waals surface area contributed by atoms with Crippen LogP contribution in [-0.2, 0) is 108 Å². The number of carboxylic acids is 2. The lowest BCUT2D eigenvalue weighted by atomic mass is 9.83. The maximum Gasteiger partial charge on any atom is 0.409 e. The number of anilines is 2. The van der Waals surface area contributed by atoms with E-state index in [1.165, 1.54) is 110 Å². The van der Waals surface area contributed by atoms with Gasteiger partial charge in [0.15, 0.2) is 11.4 Å². The van der Waals surface area contributed by atoms with Crippen molar-refractivity contribution in [3.05, 3.63) is 105 Å². The molecule has 8 aliphatic heterocycles. The topological polar surface area (TPSA) is 462 Å². The molecule has 10 amide bonds. The Balaban J connectivity index is 0.000000282. The predicted octanol–water partition coefficient (Wildman–Crippen LogP) is 8.80. The number of imide groups is 2. The zero-order valence-corrected chi connectivity index (χ0v) is 79.4. The van der Waals surface area contributed by atoms with Gasteiger partial charge < -0.3 is 87.4 Å². The van der Waals surface area contributed by atoms with Crippen LogP contribution in [0.5, 0.6) is 11.5 Å². The van der Waals surface area contributed by atoms with Gasteiger partial charge in [-0.1, -0.05) is 97.5 Å². The molecule has 0 saturated carbocycles. The molecule has 8 bridgehead atoms. The zero-order chi connectivity index (χ0) is 96.4. The average Bonchev–Trinajstić information content (AvgIpc) is 1.57. The number of allylic oxidation sites excluding steroid dienone is 6. The summed E-state index contributed by atoms with van der Waals surface area (Å²) >= 11 is 18.8. The highest BCUT2D eigenvalue weighted by Gasteiger charge is 2.66. The zero-order valence-electron chi connectivity index (χ0n) is 76.2. The van der Waals surface area contributed by atoms with Gasteiger partial charge in [0.1, 0.15) is 81.5 Å². The van der Waals surface area contributed by atoms with Crippen LogP contribution in [0.15, 0.2) is 84.0 Å². The highest BCUT2D eigenvalue weighted by atomic mass is 35.5. The van der Waals surface area contributed by atoms with Crippen molar-refractivity contribution in [2.75, 3.05) is 91.0 Å². The van der Waals surface area contributed by atoms with Crippen LogP contribution >= 0.6 is 47.6 Å². The van der Waals surface area contributed by atoms with Gasteiger partial charge in [0.2, 0.25) is 35.4 Å². The Morgan fingerprint density at radius 2 is 0.985 bits per heavy atom. The van der Waals surface area contributed by atoms with Gasteiger partial charge in [-0.2, -0.15) is 12.6 Å². The molecule has 17 atom stereocenters. The normalized spacial score (nSPS) is 29.2. The number of aliphatic hydroxyl groups is 2. The number of esters is 2. The number of likely N-dealkylation sites (N-methyl/N-ethyl adjacent to an activating group) is 2. The fraction of sp³-hybridized carbons (Fsp3) is 0.600. The molecule has 5 fully saturated rings. The SMILES string of the molecule is COc1cc2cc(c1Cl)N(C)C(=O)C[C@H](OC(=O)[C@H](C)N(C)C(=O)CCS)[C@]1(C)O[C@H]1[C@H](C)[C@@H]1C[C@@](O)(NC(=O)O1)[C@H](OC)/C=C/C=C(\C)C2.COc1cc2cc(c1Cl)N(C)C(=O)C[C@H](OC(=O)[C@H](C)N(C)C(=O)CCSC1CC(=O)N(CCCCCC(=O)O)C1=O)[C@]1(C)O[C@H]1[C@H](C)[C@@H]1C[C@@](O)(NC(=O)O1)[C@H](OC)/C=C/C=C(\C)C2.O=C(O)CCCCCN1C(=O)C=CC1=O. The Kier molecular flexibility index (Phi) is 37.9. The Morgan fingerprint density at radius 1 is 0.585 bits per heavy atom. The predicted molar refractivity (Wildman–Crippen MR) is 481 cm³/mol. The number of epoxide rings is 2. The molecule has 0 spiro atoms. The Bertz CT molecular complexity index is 4690. The number of unbranched alkanes of at least 4 members (excludes halogenated alkanes) is 4. The minimum atomic E-state index is -1.88. The number of hydrogen-bond acceptors (Lipinski definition) is 28. The Morgan fingerprint density at radius 3 is 1.37 bits per heavy atom. The number of methoxy groups -OCH3 is 4. The Labute approximate surface area is 776 Å². The number of nitrogens with zero attached hydrogens (tertiary/aromatic N) is 6. The molecule has 36 nitrogen and oxygen atoms in total. The number of alkyl carbamates (subject to hydrolysis) is 2. The highest BCUT2D eigenvalue weighted by Crippen LogP contribution is 2.52. The number of carbonyl (C=O) groups excluding carboxylic acids is 12. The number of hydrogen-bond donors (Lipinski definition) is 7. The first-order valence-corrected chi connectivity index (χ1v) is 45.4. The second kappa shape index (κ2) is 46.6. The minimum absolute atomic E-state index is 0.00467. The van der Waals surface area contributed by atoms with Gasteiger partial charge >= 0.3 is 36.1 Å². The van der Waals surface area contributed by atoms with Crippen LogP contribution < -0.4 is 29.9 Å². The lowest BCUT2D eigenvalue weighted by Gasteiger charge is -2.42. The number of aliphatic carboxylic acids is 2. The van der Waals surface area contributed by atoms with Crippen molar-refractivity contribution >= 4 is 142 Å². The number of carbonyl (C=O) groups is 14. The van der Waals surface area contributed by atoms with E-state index in [4.69, 9.17) is 80.8 Å². The fourth-order valence-corrected chi connectivity index (χ4v) is 18.2. The molecule has 0 radical (unpaired) electrons. The van der Waals surface area contributed by atoms with Crippen LogP contribution in [0.1, 0.15) is 163 Å². The van der Waals surface area contributed by atoms with Crippen molar-refractivity contribution in [2.45, 2.75) is 253 Å². The first kappa shape index (κ1) is 106. The van der Waals surface area contributed by atoms with E-state index < -0.39 is 154 Å². The summed E-state index contributed by atoms with van der Waals surface area (Å²) in [5.74, 6) is -6.05. The summed E-state index contributed by atoms with van der Waals surface area (Å²) in [5, 5.41) is 45.5. The molecule has 1 unspecified atom stereocenters. The van der Waals surface area contributed by atoms with E-state index in [0.29, 0.717) is 86.5 Å². The quantitative estimate of drug-likeness (QED) is 0.0104. The third kappa shape index (κ3) is 26.9.